The third-order valence-electron chi connectivity index (χ3n) is 4.35. The molecule has 0 atom stereocenters. The van der Waals surface area contributed by atoms with Crippen LogP contribution in [0.15, 0.2) is 54.9 Å². The molecule has 0 aliphatic carbocycles. The molecule has 3 rings (SSSR count). The highest BCUT2D eigenvalue weighted by Crippen LogP contribution is 2.25. The molecule has 2 N–H and O–H groups in total. The second-order valence-corrected chi connectivity index (χ2v) is 6.95. The average Bonchev–Trinajstić information content (AvgIpc) is 2.67. The Morgan fingerprint density at radius 2 is 1.41 bits per heavy atom. The molecule has 0 aliphatic rings. The van der Waals surface area contributed by atoms with E-state index in [1.54, 1.807) is 13.2 Å². The number of amides is 2. The zero-order valence-electron chi connectivity index (χ0n) is 16.9. The number of hydrogen-bond acceptors (Lipinski definition) is 4. The molecule has 0 saturated heterocycles. The molecule has 0 saturated carbocycles. The van der Waals surface area contributed by atoms with Crippen LogP contribution < -0.4 is 15.4 Å². The molecule has 0 bridgehead atoms. The third kappa shape index (κ3) is 4.99. The Labute approximate surface area is 169 Å². The molecule has 6 nitrogen and oxygen atoms in total. The first-order valence-electron chi connectivity index (χ1n) is 9.16. The van der Waals surface area contributed by atoms with Gasteiger partial charge in [0.2, 0.25) is 0 Å². The van der Waals surface area contributed by atoms with Crippen molar-refractivity contribution in [1.82, 2.24) is 4.98 Å². The Balaban J connectivity index is 1.79. The van der Waals surface area contributed by atoms with Crippen molar-refractivity contribution in [1.29, 1.82) is 0 Å². The standard InChI is InChI=1S/C23H23N3O3/c1-14-5-6-21(29-4)20(10-14)26-23(28)18-11-17(12-24-13-18)22(27)25-19-8-15(2)7-16(3)9-19/h5-13H,1-4H3,(H,25,27)(H,26,28). The summed E-state index contributed by atoms with van der Waals surface area (Å²) in [4.78, 5) is 29.3. The molecule has 0 fully saturated rings. The molecule has 6 heteroatoms. The molecule has 0 aliphatic heterocycles. The SMILES string of the molecule is COc1ccc(C)cc1NC(=O)c1cncc(C(=O)Nc2cc(C)cc(C)c2)c1. The van der Waals surface area contributed by atoms with E-state index in [-0.39, 0.29) is 17.4 Å². The zero-order chi connectivity index (χ0) is 21.0. The van der Waals surface area contributed by atoms with Gasteiger partial charge in [-0.05, 0) is 67.8 Å². The lowest BCUT2D eigenvalue weighted by atomic mass is 10.1. The molecule has 1 heterocycles. The summed E-state index contributed by atoms with van der Waals surface area (Å²) in [5.74, 6) is -0.145. The van der Waals surface area contributed by atoms with Crippen LogP contribution in [-0.4, -0.2) is 23.9 Å². The highest BCUT2D eigenvalue weighted by atomic mass is 16.5. The molecule has 3 aromatic rings. The monoisotopic (exact) mass is 389 g/mol. The predicted molar refractivity (Wildman–Crippen MR) is 114 cm³/mol. The van der Waals surface area contributed by atoms with Gasteiger partial charge in [0.05, 0.1) is 23.9 Å². The minimum absolute atomic E-state index is 0.279. The smallest absolute Gasteiger partial charge is 0.257 e. The number of pyridine rings is 1. The van der Waals surface area contributed by atoms with E-state index >= 15 is 0 Å². The quantitative estimate of drug-likeness (QED) is 0.672. The van der Waals surface area contributed by atoms with Crippen LogP contribution >= 0.6 is 0 Å². The van der Waals surface area contributed by atoms with Crippen molar-refractivity contribution < 1.29 is 14.3 Å². The van der Waals surface area contributed by atoms with E-state index in [9.17, 15) is 9.59 Å². The lowest BCUT2D eigenvalue weighted by molar-refractivity contribution is 0.102. The van der Waals surface area contributed by atoms with E-state index < -0.39 is 0 Å². The number of hydrogen-bond donors (Lipinski definition) is 2. The minimum Gasteiger partial charge on any atom is -0.495 e. The fourth-order valence-electron chi connectivity index (χ4n) is 3.05. The number of nitrogens with one attached hydrogen (secondary N) is 2. The molecule has 0 spiro atoms. The molecule has 1 aromatic heterocycles. The summed E-state index contributed by atoms with van der Waals surface area (Å²) < 4.78 is 5.29. The number of rotatable bonds is 5. The van der Waals surface area contributed by atoms with Crippen LogP contribution in [0.2, 0.25) is 0 Å². The number of carbonyl (C=O) groups is 2. The molecule has 0 radical (unpaired) electrons. The largest absolute Gasteiger partial charge is 0.495 e. The first-order valence-corrected chi connectivity index (χ1v) is 9.16. The first kappa shape index (κ1) is 20.1. The van der Waals surface area contributed by atoms with Crippen molar-refractivity contribution in [3.05, 3.63) is 82.7 Å². The Kier molecular flexibility index (Phi) is 5.93. The Morgan fingerprint density at radius 1 is 0.793 bits per heavy atom. The van der Waals surface area contributed by atoms with Gasteiger partial charge in [0.15, 0.2) is 0 Å². The van der Waals surface area contributed by atoms with Gasteiger partial charge < -0.3 is 15.4 Å². The fourth-order valence-corrected chi connectivity index (χ4v) is 3.05. The topological polar surface area (TPSA) is 80.3 Å². The van der Waals surface area contributed by atoms with Gasteiger partial charge >= 0.3 is 0 Å². The predicted octanol–water partition coefficient (Wildman–Crippen LogP) is 4.52. The highest BCUT2D eigenvalue weighted by Gasteiger charge is 2.14. The van der Waals surface area contributed by atoms with Gasteiger partial charge in [0.25, 0.3) is 11.8 Å². The van der Waals surface area contributed by atoms with Crippen LogP contribution in [0.5, 0.6) is 5.75 Å². The lowest BCUT2D eigenvalue weighted by Gasteiger charge is -2.11. The number of aryl methyl sites for hydroxylation is 3. The van der Waals surface area contributed by atoms with Gasteiger partial charge in [-0.25, -0.2) is 0 Å². The number of ether oxygens (including phenoxy) is 1. The summed E-state index contributed by atoms with van der Waals surface area (Å²) in [6.45, 7) is 5.86. The van der Waals surface area contributed by atoms with E-state index in [2.05, 4.69) is 15.6 Å². The van der Waals surface area contributed by atoms with Gasteiger partial charge in [0, 0.05) is 18.1 Å². The number of benzene rings is 2. The van der Waals surface area contributed by atoms with E-state index in [0.717, 1.165) is 16.7 Å². The van der Waals surface area contributed by atoms with Crippen molar-refractivity contribution in [3.8, 4) is 5.75 Å². The maximum Gasteiger partial charge on any atom is 0.257 e. The minimum atomic E-state index is -0.373. The third-order valence-corrected chi connectivity index (χ3v) is 4.35. The van der Waals surface area contributed by atoms with Gasteiger partial charge in [-0.3, -0.25) is 14.6 Å². The molecular weight excluding hydrogens is 366 g/mol. The summed E-state index contributed by atoms with van der Waals surface area (Å²) in [5, 5.41) is 5.66. The maximum absolute atomic E-state index is 12.7. The van der Waals surface area contributed by atoms with Crippen LogP contribution in [0.25, 0.3) is 0 Å². The number of carbonyl (C=O) groups excluding carboxylic acids is 2. The zero-order valence-corrected chi connectivity index (χ0v) is 16.9. The van der Waals surface area contributed by atoms with Gasteiger partial charge in [-0.15, -0.1) is 0 Å². The van der Waals surface area contributed by atoms with Crippen molar-refractivity contribution in [2.24, 2.45) is 0 Å². The van der Waals surface area contributed by atoms with Gasteiger partial charge in [-0.1, -0.05) is 12.1 Å². The van der Waals surface area contributed by atoms with Crippen LogP contribution in [0, 0.1) is 20.8 Å². The summed E-state index contributed by atoms with van der Waals surface area (Å²) in [6.07, 6.45) is 2.85. The van der Waals surface area contributed by atoms with Gasteiger partial charge in [-0.2, -0.15) is 0 Å². The Hall–Kier alpha value is -3.67. The molecule has 2 aromatic carbocycles. The van der Waals surface area contributed by atoms with E-state index in [0.29, 0.717) is 22.7 Å². The van der Waals surface area contributed by atoms with Crippen molar-refractivity contribution in [2.45, 2.75) is 20.8 Å². The number of nitrogens with zero attached hydrogens (tertiary/aromatic N) is 1. The van der Waals surface area contributed by atoms with Gasteiger partial charge in [0.1, 0.15) is 5.75 Å². The Morgan fingerprint density at radius 3 is 2.03 bits per heavy atom. The lowest BCUT2D eigenvalue weighted by Crippen LogP contribution is -2.16. The van der Waals surface area contributed by atoms with E-state index in [1.807, 2.05) is 51.1 Å². The van der Waals surface area contributed by atoms with E-state index in [1.165, 1.54) is 18.5 Å². The molecule has 0 unspecified atom stereocenters. The number of aromatic nitrogens is 1. The molecule has 29 heavy (non-hydrogen) atoms. The highest BCUT2D eigenvalue weighted by molar-refractivity contribution is 6.08. The summed E-state index contributed by atoms with van der Waals surface area (Å²) in [5.41, 5.74) is 4.93. The Bertz CT molecular complexity index is 1060. The van der Waals surface area contributed by atoms with E-state index in [4.69, 9.17) is 4.74 Å². The second kappa shape index (κ2) is 8.56. The second-order valence-electron chi connectivity index (χ2n) is 6.95. The summed E-state index contributed by atoms with van der Waals surface area (Å²) in [6, 6.07) is 12.8. The molecule has 2 amide bonds. The average molecular weight is 389 g/mol. The number of anilines is 2. The van der Waals surface area contributed by atoms with Crippen molar-refractivity contribution in [2.75, 3.05) is 17.7 Å². The molecule has 148 valence electrons. The van der Waals surface area contributed by atoms with Crippen LogP contribution in [0.3, 0.4) is 0 Å². The number of methoxy groups -OCH3 is 1. The fraction of sp³-hybridized carbons (Fsp3) is 0.174. The summed E-state index contributed by atoms with van der Waals surface area (Å²) >= 11 is 0. The van der Waals surface area contributed by atoms with Crippen LogP contribution in [0.4, 0.5) is 11.4 Å². The summed E-state index contributed by atoms with van der Waals surface area (Å²) in [7, 11) is 1.54. The van der Waals surface area contributed by atoms with Crippen LogP contribution in [0.1, 0.15) is 37.4 Å². The maximum atomic E-state index is 12.7. The van der Waals surface area contributed by atoms with Crippen molar-refractivity contribution >= 4 is 23.2 Å². The van der Waals surface area contributed by atoms with Crippen molar-refractivity contribution in [3.63, 3.8) is 0 Å². The molecular formula is C23H23N3O3. The first-order chi connectivity index (χ1) is 13.9. The normalized spacial score (nSPS) is 10.3. The van der Waals surface area contributed by atoms with Crippen LogP contribution in [-0.2, 0) is 0 Å².